The minimum atomic E-state index is -0.104. The maximum Gasteiger partial charge on any atom is 0.243 e. The van der Waals surface area contributed by atoms with E-state index in [9.17, 15) is 4.79 Å². The second-order valence-electron chi connectivity index (χ2n) is 4.77. The maximum atomic E-state index is 12.1. The van der Waals surface area contributed by atoms with Crippen LogP contribution in [0.4, 0.5) is 5.13 Å². The molecule has 1 fully saturated rings. The van der Waals surface area contributed by atoms with E-state index in [1.165, 1.54) is 11.3 Å². The van der Waals surface area contributed by atoms with Crippen LogP contribution in [0.1, 0.15) is 19.3 Å². The number of anilines is 1. The third-order valence-corrected chi connectivity index (χ3v) is 4.19. The first kappa shape index (κ1) is 13.2. The Kier molecular flexibility index (Phi) is 4.03. The quantitative estimate of drug-likeness (QED) is 0.909. The maximum absolute atomic E-state index is 12.1. The molecule has 0 saturated carbocycles. The van der Waals surface area contributed by atoms with Gasteiger partial charge in [0.05, 0.1) is 6.04 Å². The lowest BCUT2D eigenvalue weighted by molar-refractivity contribution is -0.118. The molecule has 2 heterocycles. The van der Waals surface area contributed by atoms with Crippen molar-refractivity contribution < 1.29 is 4.79 Å². The molecule has 1 aliphatic heterocycles. The van der Waals surface area contributed by atoms with Crippen molar-refractivity contribution in [1.29, 1.82) is 0 Å². The summed E-state index contributed by atoms with van der Waals surface area (Å²) in [6, 6.07) is 9.74. The predicted octanol–water partition coefficient (Wildman–Crippen LogP) is 2.29. The fourth-order valence-corrected chi connectivity index (χ4v) is 2.99. The minimum absolute atomic E-state index is 0.0135. The third kappa shape index (κ3) is 3.02. The smallest absolute Gasteiger partial charge is 0.243 e. The normalized spacial score (nSPS) is 18.7. The molecular weight excluding hydrogens is 272 g/mol. The molecular formula is C14H16N4OS. The number of hydrogen-bond donors (Lipinski definition) is 2. The van der Waals surface area contributed by atoms with Crippen LogP contribution in [0.2, 0.25) is 0 Å². The number of nitrogens with one attached hydrogen (secondary N) is 2. The lowest BCUT2D eigenvalue weighted by atomic mass is 10.0. The molecule has 1 aromatic heterocycles. The highest BCUT2D eigenvalue weighted by molar-refractivity contribution is 7.18. The van der Waals surface area contributed by atoms with Crippen LogP contribution in [0, 0.1) is 0 Å². The van der Waals surface area contributed by atoms with E-state index in [-0.39, 0.29) is 11.9 Å². The van der Waals surface area contributed by atoms with Crippen molar-refractivity contribution in [2.45, 2.75) is 25.3 Å². The summed E-state index contributed by atoms with van der Waals surface area (Å²) in [6.07, 6.45) is 3.12. The van der Waals surface area contributed by atoms with E-state index < -0.39 is 0 Å². The monoisotopic (exact) mass is 288 g/mol. The number of benzene rings is 1. The van der Waals surface area contributed by atoms with Gasteiger partial charge in [-0.05, 0) is 19.4 Å². The van der Waals surface area contributed by atoms with E-state index in [2.05, 4.69) is 20.8 Å². The summed E-state index contributed by atoms with van der Waals surface area (Å²) in [5, 5.41) is 15.6. The minimum Gasteiger partial charge on any atom is -0.306 e. The summed E-state index contributed by atoms with van der Waals surface area (Å²) in [6.45, 7) is 0.906. The van der Waals surface area contributed by atoms with Gasteiger partial charge >= 0.3 is 0 Å². The Morgan fingerprint density at radius 3 is 2.85 bits per heavy atom. The van der Waals surface area contributed by atoms with Crippen LogP contribution in [-0.2, 0) is 4.79 Å². The fourth-order valence-electron chi connectivity index (χ4n) is 2.24. The Morgan fingerprint density at radius 1 is 1.25 bits per heavy atom. The third-order valence-electron chi connectivity index (χ3n) is 3.30. The molecule has 0 unspecified atom stereocenters. The highest BCUT2D eigenvalue weighted by Crippen LogP contribution is 2.26. The Bertz CT molecular complexity index is 578. The summed E-state index contributed by atoms with van der Waals surface area (Å²) in [7, 11) is 0. The van der Waals surface area contributed by atoms with Gasteiger partial charge in [0.25, 0.3) is 0 Å². The molecule has 5 nitrogen and oxygen atoms in total. The molecule has 6 heteroatoms. The van der Waals surface area contributed by atoms with Gasteiger partial charge in [-0.2, -0.15) is 0 Å². The standard InChI is InChI=1S/C14H16N4OS/c19-12(11-8-4-5-9-15-11)16-14-18-17-13(20-14)10-6-2-1-3-7-10/h1-3,6-7,11,15H,4-5,8-9H2,(H,16,18,19)/t11-/m0/s1. The van der Waals surface area contributed by atoms with Crippen LogP contribution in [0.25, 0.3) is 10.6 Å². The summed E-state index contributed by atoms with van der Waals surface area (Å²) in [4.78, 5) is 12.1. The largest absolute Gasteiger partial charge is 0.306 e. The molecule has 1 aromatic carbocycles. The molecule has 0 spiro atoms. The number of amides is 1. The number of hydrogen-bond acceptors (Lipinski definition) is 5. The Hall–Kier alpha value is -1.79. The molecule has 0 aliphatic carbocycles. The summed E-state index contributed by atoms with van der Waals surface area (Å²) < 4.78 is 0. The second-order valence-corrected chi connectivity index (χ2v) is 5.75. The molecule has 1 saturated heterocycles. The molecule has 1 aliphatic rings. The van der Waals surface area contributed by atoms with Crippen molar-refractivity contribution in [3.8, 4) is 10.6 Å². The van der Waals surface area contributed by atoms with Crippen molar-refractivity contribution in [2.75, 3.05) is 11.9 Å². The molecule has 104 valence electrons. The number of nitrogens with zero attached hydrogens (tertiary/aromatic N) is 2. The summed E-state index contributed by atoms with van der Waals surface area (Å²) >= 11 is 1.40. The molecule has 2 aromatic rings. The van der Waals surface area contributed by atoms with E-state index in [4.69, 9.17) is 0 Å². The Morgan fingerprint density at radius 2 is 2.10 bits per heavy atom. The number of rotatable bonds is 3. The van der Waals surface area contributed by atoms with Gasteiger partial charge in [0.15, 0.2) is 0 Å². The number of carbonyl (C=O) groups is 1. The van der Waals surface area contributed by atoms with Gasteiger partial charge in [-0.3, -0.25) is 10.1 Å². The van der Waals surface area contributed by atoms with E-state index in [1.807, 2.05) is 30.3 Å². The van der Waals surface area contributed by atoms with Crippen LogP contribution < -0.4 is 10.6 Å². The van der Waals surface area contributed by atoms with Crippen LogP contribution in [0.15, 0.2) is 30.3 Å². The predicted molar refractivity (Wildman–Crippen MR) is 79.6 cm³/mol. The first-order valence-corrected chi connectivity index (χ1v) is 7.58. The molecule has 2 N–H and O–H groups in total. The van der Waals surface area contributed by atoms with Crippen LogP contribution in [0.5, 0.6) is 0 Å². The van der Waals surface area contributed by atoms with Crippen molar-refractivity contribution >= 4 is 22.4 Å². The zero-order chi connectivity index (χ0) is 13.8. The van der Waals surface area contributed by atoms with Crippen molar-refractivity contribution in [2.24, 2.45) is 0 Å². The van der Waals surface area contributed by atoms with Crippen molar-refractivity contribution in [1.82, 2.24) is 15.5 Å². The SMILES string of the molecule is O=C(Nc1nnc(-c2ccccc2)s1)[C@@H]1CCCCN1. The van der Waals surface area contributed by atoms with E-state index in [0.717, 1.165) is 36.4 Å². The van der Waals surface area contributed by atoms with Crippen LogP contribution in [0.3, 0.4) is 0 Å². The average molecular weight is 288 g/mol. The highest BCUT2D eigenvalue weighted by atomic mass is 32.1. The lowest BCUT2D eigenvalue weighted by Crippen LogP contribution is -2.43. The molecule has 0 bridgehead atoms. The summed E-state index contributed by atoms with van der Waals surface area (Å²) in [5.41, 5.74) is 1.02. The van der Waals surface area contributed by atoms with Gasteiger partial charge in [0.2, 0.25) is 11.0 Å². The zero-order valence-corrected chi connectivity index (χ0v) is 11.8. The molecule has 0 radical (unpaired) electrons. The van der Waals surface area contributed by atoms with Crippen LogP contribution in [-0.4, -0.2) is 28.7 Å². The molecule has 1 atom stereocenters. The van der Waals surface area contributed by atoms with Gasteiger partial charge in [0.1, 0.15) is 5.01 Å². The van der Waals surface area contributed by atoms with Gasteiger partial charge in [-0.15, -0.1) is 10.2 Å². The topological polar surface area (TPSA) is 66.9 Å². The van der Waals surface area contributed by atoms with Crippen LogP contribution >= 0.6 is 11.3 Å². The van der Waals surface area contributed by atoms with E-state index in [1.54, 1.807) is 0 Å². The van der Waals surface area contributed by atoms with Crippen molar-refractivity contribution in [3.05, 3.63) is 30.3 Å². The first-order valence-electron chi connectivity index (χ1n) is 6.76. The molecule has 20 heavy (non-hydrogen) atoms. The molecule has 3 rings (SSSR count). The highest BCUT2D eigenvalue weighted by Gasteiger charge is 2.21. The first-order chi connectivity index (χ1) is 9.83. The Balaban J connectivity index is 1.66. The van der Waals surface area contributed by atoms with Gasteiger partial charge in [-0.1, -0.05) is 48.1 Å². The lowest BCUT2D eigenvalue weighted by Gasteiger charge is -2.21. The second kappa shape index (κ2) is 6.11. The van der Waals surface area contributed by atoms with Gasteiger partial charge in [-0.25, -0.2) is 0 Å². The zero-order valence-electron chi connectivity index (χ0n) is 11.0. The van der Waals surface area contributed by atoms with E-state index in [0.29, 0.717) is 5.13 Å². The number of carbonyl (C=O) groups excluding carboxylic acids is 1. The van der Waals surface area contributed by atoms with E-state index >= 15 is 0 Å². The number of aromatic nitrogens is 2. The average Bonchev–Trinajstić information content (AvgIpc) is 2.97. The van der Waals surface area contributed by atoms with Crippen molar-refractivity contribution in [3.63, 3.8) is 0 Å². The Labute approximate surface area is 121 Å². The number of piperidine rings is 1. The summed E-state index contributed by atoms with van der Waals surface area (Å²) in [5.74, 6) is -0.0135. The van der Waals surface area contributed by atoms with Gasteiger partial charge < -0.3 is 5.32 Å². The molecule has 1 amide bonds. The van der Waals surface area contributed by atoms with Gasteiger partial charge in [0, 0.05) is 5.56 Å². The fraction of sp³-hybridized carbons (Fsp3) is 0.357.